The third kappa shape index (κ3) is 4.61. The number of thiophene rings is 1. The van der Waals surface area contributed by atoms with E-state index in [2.05, 4.69) is 38.0 Å². The van der Waals surface area contributed by atoms with Crippen LogP contribution in [0.3, 0.4) is 0 Å². The Balaban J connectivity index is 1.85. The molecule has 12 heteroatoms. The number of nitrogens with zero attached hydrogens (tertiary/aromatic N) is 2. The number of anilines is 3. The van der Waals surface area contributed by atoms with Gasteiger partial charge in [0.15, 0.2) is 21.6 Å². The fourth-order valence-corrected chi connectivity index (χ4v) is 5.63. The number of sulfonamides is 1. The summed E-state index contributed by atoms with van der Waals surface area (Å²) in [6, 6.07) is 1.87. The van der Waals surface area contributed by atoms with E-state index < -0.39 is 10.0 Å². The zero-order chi connectivity index (χ0) is 22.1. The van der Waals surface area contributed by atoms with Crippen LogP contribution in [-0.4, -0.2) is 28.8 Å². The summed E-state index contributed by atoms with van der Waals surface area (Å²) in [4.78, 5) is 0. The number of nitrogens with one attached hydrogen (secondary N) is 3. The van der Waals surface area contributed by atoms with Crippen LogP contribution >= 0.6 is 23.1 Å². The topological polar surface area (TPSA) is 129 Å². The number of hydrogen-bond acceptors (Lipinski definition) is 10. The molecular weight excluding hydrogens is 446 g/mol. The van der Waals surface area contributed by atoms with Crippen LogP contribution in [0.5, 0.6) is 5.75 Å². The maximum Gasteiger partial charge on any atom is 0.253 e. The van der Waals surface area contributed by atoms with Crippen LogP contribution in [0.4, 0.5) is 17.3 Å². The summed E-state index contributed by atoms with van der Waals surface area (Å²) in [6.07, 6.45) is 0. The third-order valence-electron chi connectivity index (χ3n) is 4.50. The predicted octanol–water partition coefficient (Wildman–Crippen LogP) is 4.37. The van der Waals surface area contributed by atoms with Gasteiger partial charge in [0.1, 0.15) is 11.5 Å². The highest BCUT2D eigenvalue weighted by Gasteiger charge is 2.26. The Bertz CT molecular complexity index is 1100. The van der Waals surface area contributed by atoms with Gasteiger partial charge in [-0.1, -0.05) is 20.8 Å². The molecule has 0 spiro atoms. The van der Waals surface area contributed by atoms with Crippen molar-refractivity contribution in [2.24, 2.45) is 5.92 Å². The lowest BCUT2D eigenvalue weighted by atomic mass is 10.0. The Hall–Kier alpha value is -2.15. The van der Waals surface area contributed by atoms with Gasteiger partial charge >= 0.3 is 0 Å². The number of rotatable bonds is 9. The Labute approximate surface area is 183 Å². The molecule has 164 valence electrons. The highest BCUT2D eigenvalue weighted by atomic mass is 32.2. The van der Waals surface area contributed by atoms with Crippen molar-refractivity contribution < 1.29 is 17.9 Å². The smallest absolute Gasteiger partial charge is 0.253 e. The van der Waals surface area contributed by atoms with Gasteiger partial charge in [-0.15, -0.1) is 11.3 Å². The normalized spacial score (nSPS) is 13.0. The quantitative estimate of drug-likeness (QED) is 0.362. The second-order valence-corrected chi connectivity index (χ2v) is 10.5. The van der Waals surface area contributed by atoms with E-state index in [1.807, 2.05) is 19.9 Å². The monoisotopic (exact) mass is 471 g/mol. The number of aromatic hydroxyl groups is 1. The molecular formula is C18H25N5O4S3. The Morgan fingerprint density at radius 2 is 1.93 bits per heavy atom. The fraction of sp³-hybridized carbons (Fsp3) is 0.444. The number of aromatic nitrogens is 2. The van der Waals surface area contributed by atoms with Crippen LogP contribution in [0.2, 0.25) is 0 Å². The second-order valence-electron chi connectivity index (χ2n) is 7.13. The van der Waals surface area contributed by atoms with E-state index in [9.17, 15) is 13.5 Å². The molecule has 0 saturated heterocycles. The molecule has 4 N–H and O–H groups in total. The molecule has 30 heavy (non-hydrogen) atoms. The number of furan rings is 1. The molecule has 0 saturated carbocycles. The van der Waals surface area contributed by atoms with Crippen LogP contribution < -0.4 is 15.4 Å². The van der Waals surface area contributed by atoms with Gasteiger partial charge in [0.05, 0.1) is 23.5 Å². The molecule has 0 amide bonds. The third-order valence-corrected chi connectivity index (χ3v) is 8.09. The van der Waals surface area contributed by atoms with Crippen molar-refractivity contribution in [2.75, 3.05) is 17.2 Å². The zero-order valence-electron chi connectivity index (χ0n) is 17.3. The lowest BCUT2D eigenvalue weighted by Gasteiger charge is -2.20. The summed E-state index contributed by atoms with van der Waals surface area (Å²) < 4.78 is 41.1. The maximum atomic E-state index is 12.2. The van der Waals surface area contributed by atoms with E-state index in [0.29, 0.717) is 11.6 Å². The zero-order valence-corrected chi connectivity index (χ0v) is 19.8. The van der Waals surface area contributed by atoms with Gasteiger partial charge in [-0.3, -0.25) is 0 Å². The maximum absolute atomic E-state index is 12.2. The van der Waals surface area contributed by atoms with Crippen LogP contribution in [-0.2, 0) is 10.0 Å². The first-order chi connectivity index (χ1) is 14.1. The van der Waals surface area contributed by atoms with Crippen LogP contribution in [0.25, 0.3) is 0 Å². The first-order valence-corrected chi connectivity index (χ1v) is 12.5. The molecule has 3 aromatic heterocycles. The minimum Gasteiger partial charge on any atom is -0.504 e. The van der Waals surface area contributed by atoms with Gasteiger partial charge in [0.2, 0.25) is 0 Å². The molecule has 0 bridgehead atoms. The number of hydrogen-bond donors (Lipinski definition) is 4. The van der Waals surface area contributed by atoms with Gasteiger partial charge in [0, 0.05) is 11.9 Å². The van der Waals surface area contributed by atoms with Crippen molar-refractivity contribution in [3.05, 3.63) is 28.5 Å². The van der Waals surface area contributed by atoms with Gasteiger partial charge in [0.25, 0.3) is 10.0 Å². The van der Waals surface area contributed by atoms with Crippen molar-refractivity contribution in [3.63, 3.8) is 0 Å². The summed E-state index contributed by atoms with van der Waals surface area (Å²) in [5, 5.41) is 18.3. The lowest BCUT2D eigenvalue weighted by Crippen LogP contribution is -2.22. The van der Waals surface area contributed by atoms with Crippen molar-refractivity contribution in [3.8, 4) is 5.75 Å². The van der Waals surface area contributed by atoms with E-state index in [4.69, 9.17) is 4.42 Å². The van der Waals surface area contributed by atoms with Crippen LogP contribution in [0.1, 0.15) is 43.9 Å². The molecule has 0 aromatic carbocycles. The average Bonchev–Trinajstić information content (AvgIpc) is 3.34. The van der Waals surface area contributed by atoms with Crippen molar-refractivity contribution >= 4 is 50.4 Å². The van der Waals surface area contributed by atoms with Gasteiger partial charge < -0.3 is 20.2 Å². The van der Waals surface area contributed by atoms with Crippen LogP contribution in [0, 0.1) is 19.8 Å². The Morgan fingerprint density at radius 3 is 2.53 bits per heavy atom. The van der Waals surface area contributed by atoms with Crippen LogP contribution in [0.15, 0.2) is 20.1 Å². The van der Waals surface area contributed by atoms with E-state index >= 15 is 0 Å². The molecule has 0 aliphatic rings. The minimum atomic E-state index is -3.76. The molecule has 3 rings (SSSR count). The highest BCUT2D eigenvalue weighted by molar-refractivity contribution is 7.91. The van der Waals surface area contributed by atoms with E-state index in [-0.39, 0.29) is 34.2 Å². The summed E-state index contributed by atoms with van der Waals surface area (Å²) in [7, 11) is -3.76. The van der Waals surface area contributed by atoms with Gasteiger partial charge in [-0.2, -0.15) is 8.75 Å². The second kappa shape index (κ2) is 8.92. The van der Waals surface area contributed by atoms with Crippen molar-refractivity contribution in [1.29, 1.82) is 0 Å². The summed E-state index contributed by atoms with van der Waals surface area (Å²) in [6.45, 7) is 9.96. The summed E-state index contributed by atoms with van der Waals surface area (Å²) in [5.41, 5.74) is 1.32. The largest absolute Gasteiger partial charge is 0.504 e. The standard InChI is InChI=1S/C18H25N5O4S3/c1-6-19-30(25,26)18-15(24)12(8-28-18)20-16-17(23-29-22-16)21-14(9(2)3)13-7-10(4)11(5)27-13/h7-9,14,19,24H,6H2,1-5H3,(H,20,22)(H,21,23)/t14-/m1/s1. The Kier molecular flexibility index (Phi) is 6.70. The van der Waals surface area contributed by atoms with Crippen molar-refractivity contribution in [2.45, 2.75) is 44.9 Å². The number of aryl methyl sites for hydroxylation is 2. The molecule has 0 aliphatic carbocycles. The lowest BCUT2D eigenvalue weighted by molar-refractivity contribution is 0.408. The molecule has 0 unspecified atom stereocenters. The highest BCUT2D eigenvalue weighted by Crippen LogP contribution is 2.40. The van der Waals surface area contributed by atoms with Crippen molar-refractivity contribution in [1.82, 2.24) is 13.5 Å². The molecule has 1 atom stereocenters. The minimum absolute atomic E-state index is 0.136. The molecule has 0 radical (unpaired) electrons. The van der Waals surface area contributed by atoms with Gasteiger partial charge in [-0.25, -0.2) is 13.1 Å². The SMILES string of the molecule is CCNS(=O)(=O)c1scc(Nc2nsnc2N[C@@H](c2cc(C)c(C)o2)C(C)C)c1O. The Morgan fingerprint density at radius 1 is 1.23 bits per heavy atom. The molecule has 0 fully saturated rings. The first kappa shape index (κ1) is 22.5. The van der Waals surface area contributed by atoms with E-state index in [1.165, 1.54) is 5.38 Å². The summed E-state index contributed by atoms with van der Waals surface area (Å²) >= 11 is 1.93. The fourth-order valence-electron chi connectivity index (χ4n) is 2.83. The first-order valence-electron chi connectivity index (χ1n) is 9.37. The average molecular weight is 472 g/mol. The molecule has 3 aromatic rings. The molecule has 9 nitrogen and oxygen atoms in total. The predicted molar refractivity (Wildman–Crippen MR) is 119 cm³/mol. The summed E-state index contributed by atoms with van der Waals surface area (Å²) in [5.74, 6) is 2.41. The van der Waals surface area contributed by atoms with E-state index in [0.717, 1.165) is 40.1 Å². The molecule has 3 heterocycles. The molecule has 0 aliphatic heterocycles. The van der Waals surface area contributed by atoms with Gasteiger partial charge in [-0.05, 0) is 31.4 Å². The van der Waals surface area contributed by atoms with E-state index in [1.54, 1.807) is 6.92 Å².